The number of rotatable bonds is 1. The molecule has 1 aliphatic heterocycles. The molecule has 66 valence electrons. The molecular formula is C8H10O4. The van der Waals surface area contributed by atoms with Gasteiger partial charge in [0.15, 0.2) is 0 Å². The van der Waals surface area contributed by atoms with Crippen molar-refractivity contribution in [2.24, 2.45) is 0 Å². The van der Waals surface area contributed by atoms with E-state index in [1.165, 1.54) is 6.92 Å². The van der Waals surface area contributed by atoms with E-state index >= 15 is 0 Å². The number of ether oxygens (including phenoxy) is 2. The first-order valence-corrected chi connectivity index (χ1v) is 3.58. The van der Waals surface area contributed by atoms with Crippen molar-refractivity contribution in [2.75, 3.05) is 0 Å². The van der Waals surface area contributed by atoms with Crippen LogP contribution in [0.5, 0.6) is 0 Å². The third-order valence-corrected chi connectivity index (χ3v) is 1.74. The molecule has 0 spiro atoms. The fourth-order valence-electron chi connectivity index (χ4n) is 0.875. The Balaban J connectivity index is 2.73. The highest BCUT2D eigenvalue weighted by Crippen LogP contribution is 2.22. The maximum Gasteiger partial charge on any atom is 0.337 e. The molecule has 0 bridgehead atoms. The molecule has 0 aliphatic carbocycles. The molecule has 1 heterocycles. The van der Waals surface area contributed by atoms with Gasteiger partial charge < -0.3 is 9.47 Å². The van der Waals surface area contributed by atoms with E-state index in [4.69, 9.17) is 9.47 Å². The average Bonchev–Trinajstić information content (AvgIpc) is 2.17. The molecule has 1 atom stereocenters. The Hall–Kier alpha value is -1.32. The predicted octanol–water partition coefficient (Wildman–Crippen LogP) is 0.769. The summed E-state index contributed by atoms with van der Waals surface area (Å²) >= 11 is 0. The van der Waals surface area contributed by atoms with Gasteiger partial charge in [-0.3, -0.25) is 4.79 Å². The highest BCUT2D eigenvalue weighted by atomic mass is 16.7. The van der Waals surface area contributed by atoms with Crippen LogP contribution in [0.2, 0.25) is 0 Å². The van der Waals surface area contributed by atoms with E-state index < -0.39 is 18.2 Å². The molecule has 0 aromatic heterocycles. The van der Waals surface area contributed by atoms with Gasteiger partial charge in [0.1, 0.15) is 0 Å². The Morgan fingerprint density at radius 3 is 2.42 bits per heavy atom. The van der Waals surface area contributed by atoms with Gasteiger partial charge in [-0.05, 0) is 13.8 Å². The number of esters is 2. The molecule has 0 radical (unpaired) electrons. The molecule has 12 heavy (non-hydrogen) atoms. The summed E-state index contributed by atoms with van der Waals surface area (Å²) in [6.07, 6.45) is -0.810. The second-order valence-corrected chi connectivity index (χ2v) is 2.65. The number of hydrogen-bond donors (Lipinski definition) is 0. The topological polar surface area (TPSA) is 52.6 Å². The third-order valence-electron chi connectivity index (χ3n) is 1.74. The van der Waals surface area contributed by atoms with Crippen LogP contribution in [0.15, 0.2) is 11.1 Å². The Bertz CT molecular complexity index is 264. The lowest BCUT2D eigenvalue weighted by atomic mass is 10.2. The maximum absolute atomic E-state index is 10.9. The van der Waals surface area contributed by atoms with Crippen molar-refractivity contribution in [3.05, 3.63) is 11.1 Å². The van der Waals surface area contributed by atoms with Crippen molar-refractivity contribution in [3.8, 4) is 0 Å². The Labute approximate surface area is 70.1 Å². The molecule has 1 unspecified atom stereocenters. The smallest absolute Gasteiger partial charge is 0.337 e. The number of carbonyl (C=O) groups is 2. The maximum atomic E-state index is 10.9. The van der Waals surface area contributed by atoms with Crippen LogP contribution in [-0.2, 0) is 19.1 Å². The van der Waals surface area contributed by atoms with Gasteiger partial charge in [0.25, 0.3) is 6.29 Å². The van der Waals surface area contributed by atoms with E-state index in [1.54, 1.807) is 13.8 Å². The summed E-state index contributed by atoms with van der Waals surface area (Å²) in [7, 11) is 0. The zero-order valence-electron chi connectivity index (χ0n) is 7.21. The van der Waals surface area contributed by atoms with Crippen LogP contribution in [0.3, 0.4) is 0 Å². The minimum atomic E-state index is -0.810. The summed E-state index contributed by atoms with van der Waals surface area (Å²) < 4.78 is 9.46. The standard InChI is InChI=1S/C8H10O4/c1-4-5(2)8(11-6(3)9)12-7(4)10/h8H,1-3H3. The van der Waals surface area contributed by atoms with Gasteiger partial charge in [0, 0.05) is 18.1 Å². The summed E-state index contributed by atoms with van der Waals surface area (Å²) in [5.74, 6) is -0.874. The highest BCUT2D eigenvalue weighted by molar-refractivity contribution is 5.91. The molecular weight excluding hydrogens is 160 g/mol. The second-order valence-electron chi connectivity index (χ2n) is 2.65. The molecule has 0 amide bonds. The molecule has 0 aromatic rings. The minimum absolute atomic E-state index is 0.418. The van der Waals surface area contributed by atoms with E-state index in [-0.39, 0.29) is 0 Å². The van der Waals surface area contributed by atoms with Crippen LogP contribution in [0, 0.1) is 0 Å². The molecule has 0 aromatic carbocycles. The van der Waals surface area contributed by atoms with E-state index in [2.05, 4.69) is 0 Å². The van der Waals surface area contributed by atoms with Crippen LogP contribution in [-0.4, -0.2) is 18.2 Å². The summed E-state index contributed by atoms with van der Waals surface area (Å²) in [5.41, 5.74) is 1.18. The Kier molecular flexibility index (Phi) is 2.17. The molecule has 4 heteroatoms. The average molecular weight is 170 g/mol. The van der Waals surface area contributed by atoms with Crippen molar-refractivity contribution in [3.63, 3.8) is 0 Å². The van der Waals surface area contributed by atoms with Crippen LogP contribution in [0.25, 0.3) is 0 Å². The first-order valence-electron chi connectivity index (χ1n) is 3.58. The van der Waals surface area contributed by atoms with E-state index in [9.17, 15) is 9.59 Å². The van der Waals surface area contributed by atoms with Gasteiger partial charge in [-0.15, -0.1) is 0 Å². The lowest BCUT2D eigenvalue weighted by Crippen LogP contribution is -2.17. The summed E-state index contributed by atoms with van der Waals surface area (Å²) in [5, 5.41) is 0. The highest BCUT2D eigenvalue weighted by Gasteiger charge is 2.30. The van der Waals surface area contributed by atoms with Crippen molar-refractivity contribution >= 4 is 11.9 Å². The first-order chi connectivity index (χ1) is 5.52. The third kappa shape index (κ3) is 1.47. The minimum Gasteiger partial charge on any atom is -0.421 e. The summed E-state index contributed by atoms with van der Waals surface area (Å²) in [6.45, 7) is 4.61. The molecule has 1 rings (SSSR count). The largest absolute Gasteiger partial charge is 0.421 e. The van der Waals surface area contributed by atoms with Crippen LogP contribution in [0.1, 0.15) is 20.8 Å². The van der Waals surface area contributed by atoms with Gasteiger partial charge in [0.05, 0.1) is 0 Å². The Morgan fingerprint density at radius 2 is 2.08 bits per heavy atom. The van der Waals surface area contributed by atoms with Crippen molar-refractivity contribution < 1.29 is 19.1 Å². The molecule has 0 fully saturated rings. The van der Waals surface area contributed by atoms with Crippen molar-refractivity contribution in [1.29, 1.82) is 0 Å². The van der Waals surface area contributed by atoms with E-state index in [0.717, 1.165) is 0 Å². The van der Waals surface area contributed by atoms with Crippen molar-refractivity contribution in [1.82, 2.24) is 0 Å². The molecule has 0 saturated heterocycles. The fraction of sp³-hybridized carbons (Fsp3) is 0.500. The monoisotopic (exact) mass is 170 g/mol. The van der Waals surface area contributed by atoms with Gasteiger partial charge in [0.2, 0.25) is 0 Å². The van der Waals surface area contributed by atoms with Crippen LogP contribution in [0.4, 0.5) is 0 Å². The normalized spacial score (nSPS) is 22.6. The van der Waals surface area contributed by atoms with Gasteiger partial charge >= 0.3 is 11.9 Å². The van der Waals surface area contributed by atoms with Gasteiger partial charge in [-0.2, -0.15) is 0 Å². The number of hydrogen-bond acceptors (Lipinski definition) is 4. The second kappa shape index (κ2) is 2.97. The summed E-state index contributed by atoms with van der Waals surface area (Å²) in [4.78, 5) is 21.4. The lowest BCUT2D eigenvalue weighted by molar-refractivity contribution is -0.172. The molecule has 0 saturated carbocycles. The predicted molar refractivity (Wildman–Crippen MR) is 40.0 cm³/mol. The zero-order chi connectivity index (χ0) is 9.30. The molecule has 1 aliphatic rings. The van der Waals surface area contributed by atoms with Gasteiger partial charge in [-0.1, -0.05) is 0 Å². The van der Waals surface area contributed by atoms with Crippen molar-refractivity contribution in [2.45, 2.75) is 27.1 Å². The molecule has 4 nitrogen and oxygen atoms in total. The quantitative estimate of drug-likeness (QED) is 0.545. The van der Waals surface area contributed by atoms with Crippen LogP contribution >= 0.6 is 0 Å². The number of cyclic esters (lactones) is 1. The summed E-state index contributed by atoms with van der Waals surface area (Å²) in [6, 6.07) is 0. The first kappa shape index (κ1) is 8.77. The fourth-order valence-corrected chi connectivity index (χ4v) is 0.875. The zero-order valence-corrected chi connectivity index (χ0v) is 7.21. The van der Waals surface area contributed by atoms with Crippen LogP contribution < -0.4 is 0 Å². The van der Waals surface area contributed by atoms with E-state index in [0.29, 0.717) is 11.1 Å². The Morgan fingerprint density at radius 1 is 1.50 bits per heavy atom. The lowest BCUT2D eigenvalue weighted by Gasteiger charge is -2.10. The van der Waals surface area contributed by atoms with E-state index in [1.807, 2.05) is 0 Å². The number of carbonyl (C=O) groups excluding carboxylic acids is 2. The van der Waals surface area contributed by atoms with Gasteiger partial charge in [-0.25, -0.2) is 4.79 Å². The SMILES string of the molecule is CC(=O)OC1OC(=O)C(C)=C1C. The molecule has 0 N–H and O–H groups in total.